The second kappa shape index (κ2) is 8.22. The number of benzene rings is 1. The number of aromatic nitrogens is 2. The predicted molar refractivity (Wildman–Crippen MR) is 124 cm³/mol. The summed E-state index contributed by atoms with van der Waals surface area (Å²) in [4.78, 5) is 21.8. The first-order valence-corrected chi connectivity index (χ1v) is 11.0. The van der Waals surface area contributed by atoms with Gasteiger partial charge in [-0.05, 0) is 53.4 Å². The summed E-state index contributed by atoms with van der Waals surface area (Å²) >= 11 is 1.47. The molecular weight excluding hydrogens is 394 g/mol. The first kappa shape index (κ1) is 20.6. The van der Waals surface area contributed by atoms with E-state index in [1.165, 1.54) is 17.3 Å². The number of hydrogen-bond donors (Lipinski definition) is 0. The highest BCUT2D eigenvalue weighted by Crippen LogP contribution is 2.31. The van der Waals surface area contributed by atoms with Crippen LogP contribution in [0.25, 0.3) is 6.08 Å². The Balaban J connectivity index is 1.38. The Morgan fingerprint density at radius 3 is 2.20 bits per heavy atom. The molecule has 0 bridgehead atoms. The van der Waals surface area contributed by atoms with Crippen LogP contribution in [0.15, 0.2) is 46.3 Å². The third-order valence-corrected chi connectivity index (χ3v) is 6.39. The fourth-order valence-corrected chi connectivity index (χ4v) is 4.42. The summed E-state index contributed by atoms with van der Waals surface area (Å²) < 4.78 is 0. The number of carbonyl (C=O) groups is 1. The summed E-state index contributed by atoms with van der Waals surface area (Å²) in [5.74, 6) is 0.748. The molecule has 0 radical (unpaired) electrons. The van der Waals surface area contributed by atoms with Crippen molar-refractivity contribution in [3.63, 3.8) is 0 Å². The molecule has 2 aliphatic heterocycles. The Hall–Kier alpha value is -2.67. The van der Waals surface area contributed by atoms with Crippen LogP contribution in [0.5, 0.6) is 0 Å². The molecule has 30 heavy (non-hydrogen) atoms. The number of anilines is 1. The molecule has 1 saturated heterocycles. The number of piperazine rings is 1. The maximum atomic E-state index is 12.4. The Bertz CT molecular complexity index is 982. The number of carbonyl (C=O) groups excluding carboxylic acids is 1. The molecule has 2 aromatic rings. The zero-order valence-corrected chi connectivity index (χ0v) is 18.7. The van der Waals surface area contributed by atoms with Gasteiger partial charge in [-0.1, -0.05) is 45.0 Å². The molecule has 1 aromatic carbocycles. The van der Waals surface area contributed by atoms with Crippen LogP contribution in [-0.4, -0.2) is 52.4 Å². The molecule has 6 nitrogen and oxygen atoms in total. The van der Waals surface area contributed by atoms with Gasteiger partial charge in [0.05, 0.1) is 10.6 Å². The Morgan fingerprint density at radius 1 is 0.933 bits per heavy atom. The number of amides is 1. The van der Waals surface area contributed by atoms with Crippen molar-refractivity contribution in [1.82, 2.24) is 15.1 Å². The summed E-state index contributed by atoms with van der Waals surface area (Å²) in [6, 6.07) is 12.4. The normalized spacial score (nSPS) is 18.9. The largest absolute Gasteiger partial charge is 0.352 e. The average Bonchev–Trinajstić information content (AvgIpc) is 3.09. The fraction of sp³-hybridized carbons (Fsp3) is 0.391. The number of hydrogen-bond acceptors (Lipinski definition) is 6. The molecule has 3 heterocycles. The molecule has 0 N–H and O–H groups in total. The van der Waals surface area contributed by atoms with E-state index < -0.39 is 0 Å². The highest BCUT2D eigenvalue weighted by molar-refractivity contribution is 8.18. The SMILES string of the molecule is Cc1ccc(N2CCN(C3=NC(=O)/C(=C/c4ccc(C(C)(C)C)cc4)S3)CC2)nn1. The molecule has 0 spiro atoms. The van der Waals surface area contributed by atoms with Crippen LogP contribution < -0.4 is 4.90 Å². The van der Waals surface area contributed by atoms with Crippen molar-refractivity contribution in [2.24, 2.45) is 4.99 Å². The van der Waals surface area contributed by atoms with Gasteiger partial charge < -0.3 is 9.80 Å². The van der Waals surface area contributed by atoms with E-state index in [0.29, 0.717) is 4.91 Å². The summed E-state index contributed by atoms with van der Waals surface area (Å²) in [7, 11) is 0. The fourth-order valence-electron chi connectivity index (χ4n) is 3.45. The second-order valence-electron chi connectivity index (χ2n) is 8.69. The Labute approximate surface area is 182 Å². The zero-order chi connectivity index (χ0) is 21.3. The van der Waals surface area contributed by atoms with Gasteiger partial charge in [0.25, 0.3) is 5.91 Å². The van der Waals surface area contributed by atoms with E-state index in [1.54, 1.807) is 0 Å². The quantitative estimate of drug-likeness (QED) is 0.686. The minimum atomic E-state index is -0.151. The van der Waals surface area contributed by atoms with Gasteiger partial charge in [-0.2, -0.15) is 10.1 Å². The minimum Gasteiger partial charge on any atom is -0.352 e. The lowest BCUT2D eigenvalue weighted by atomic mass is 9.87. The summed E-state index contributed by atoms with van der Waals surface area (Å²) in [6.45, 7) is 11.8. The summed E-state index contributed by atoms with van der Waals surface area (Å²) in [5.41, 5.74) is 3.34. The van der Waals surface area contributed by atoms with E-state index in [4.69, 9.17) is 0 Å². The van der Waals surface area contributed by atoms with Gasteiger partial charge in [0.2, 0.25) is 0 Å². The van der Waals surface area contributed by atoms with E-state index in [1.807, 2.05) is 25.1 Å². The second-order valence-corrected chi connectivity index (χ2v) is 9.70. The van der Waals surface area contributed by atoms with E-state index >= 15 is 0 Å². The zero-order valence-electron chi connectivity index (χ0n) is 17.9. The smallest absolute Gasteiger partial charge is 0.286 e. The van der Waals surface area contributed by atoms with Crippen molar-refractivity contribution in [3.05, 3.63) is 58.1 Å². The molecule has 0 aliphatic carbocycles. The van der Waals surface area contributed by atoms with Crippen molar-refractivity contribution in [2.75, 3.05) is 31.1 Å². The molecule has 2 aliphatic rings. The first-order valence-electron chi connectivity index (χ1n) is 10.2. The van der Waals surface area contributed by atoms with Gasteiger partial charge in [-0.3, -0.25) is 4.79 Å². The highest BCUT2D eigenvalue weighted by Gasteiger charge is 2.28. The predicted octanol–water partition coefficient (Wildman–Crippen LogP) is 3.88. The molecule has 156 valence electrons. The van der Waals surface area contributed by atoms with Gasteiger partial charge >= 0.3 is 0 Å². The third-order valence-electron chi connectivity index (χ3n) is 5.34. The molecule has 1 aromatic heterocycles. The van der Waals surface area contributed by atoms with Crippen molar-refractivity contribution >= 4 is 34.7 Å². The number of aryl methyl sites for hydroxylation is 1. The molecule has 0 saturated carbocycles. The van der Waals surface area contributed by atoms with E-state index in [0.717, 1.165) is 48.4 Å². The molecule has 4 rings (SSSR count). The molecular formula is C23H27N5OS. The molecule has 0 unspecified atom stereocenters. The third kappa shape index (κ3) is 4.56. The summed E-state index contributed by atoms with van der Waals surface area (Å²) in [6.07, 6.45) is 1.94. The van der Waals surface area contributed by atoms with Gasteiger partial charge in [0, 0.05) is 26.2 Å². The van der Waals surface area contributed by atoms with Crippen LogP contribution >= 0.6 is 11.8 Å². The number of thioether (sulfide) groups is 1. The van der Waals surface area contributed by atoms with E-state index in [9.17, 15) is 4.79 Å². The van der Waals surface area contributed by atoms with Crippen LogP contribution in [0.2, 0.25) is 0 Å². The van der Waals surface area contributed by atoms with Crippen molar-refractivity contribution < 1.29 is 4.79 Å². The van der Waals surface area contributed by atoms with Crippen LogP contribution in [0, 0.1) is 6.92 Å². The number of amidine groups is 1. The average molecular weight is 422 g/mol. The first-order chi connectivity index (χ1) is 14.3. The monoisotopic (exact) mass is 421 g/mol. The molecule has 7 heteroatoms. The van der Waals surface area contributed by atoms with Crippen molar-refractivity contribution in [2.45, 2.75) is 33.1 Å². The van der Waals surface area contributed by atoms with Crippen LogP contribution in [0.3, 0.4) is 0 Å². The van der Waals surface area contributed by atoms with E-state index in [-0.39, 0.29) is 11.3 Å². The lowest BCUT2D eigenvalue weighted by molar-refractivity contribution is -0.113. The van der Waals surface area contributed by atoms with Gasteiger partial charge in [-0.25, -0.2) is 0 Å². The number of rotatable bonds is 2. The minimum absolute atomic E-state index is 0.117. The van der Waals surface area contributed by atoms with Crippen molar-refractivity contribution in [3.8, 4) is 0 Å². The Morgan fingerprint density at radius 2 is 1.60 bits per heavy atom. The van der Waals surface area contributed by atoms with Gasteiger partial charge in [-0.15, -0.1) is 5.10 Å². The lowest BCUT2D eigenvalue weighted by Gasteiger charge is -2.35. The van der Waals surface area contributed by atoms with Crippen molar-refractivity contribution in [1.29, 1.82) is 0 Å². The standard InChI is InChI=1S/C23H27N5OS/c1-16-5-10-20(26-25-16)27-11-13-28(14-12-27)22-24-21(29)19(30-22)15-17-6-8-18(9-7-17)23(2,3)4/h5-10,15H,11-14H2,1-4H3/b19-15-. The highest BCUT2D eigenvalue weighted by atomic mass is 32.2. The Kier molecular flexibility index (Phi) is 5.64. The lowest BCUT2D eigenvalue weighted by Crippen LogP contribution is -2.48. The molecule has 1 fully saturated rings. The van der Waals surface area contributed by atoms with Crippen LogP contribution in [0.4, 0.5) is 5.82 Å². The number of aliphatic imine (C=N–C) groups is 1. The van der Waals surface area contributed by atoms with Gasteiger partial charge in [0.15, 0.2) is 11.0 Å². The molecule has 0 atom stereocenters. The topological polar surface area (TPSA) is 61.7 Å². The van der Waals surface area contributed by atoms with E-state index in [2.05, 4.69) is 70.0 Å². The van der Waals surface area contributed by atoms with Crippen LogP contribution in [0.1, 0.15) is 37.6 Å². The maximum absolute atomic E-state index is 12.4. The summed E-state index contributed by atoms with van der Waals surface area (Å²) in [5, 5.41) is 9.22. The van der Waals surface area contributed by atoms with Crippen LogP contribution in [-0.2, 0) is 10.2 Å². The number of nitrogens with zero attached hydrogens (tertiary/aromatic N) is 5. The maximum Gasteiger partial charge on any atom is 0.286 e. The molecule has 1 amide bonds. The van der Waals surface area contributed by atoms with Gasteiger partial charge in [0.1, 0.15) is 0 Å².